The quantitative estimate of drug-likeness (QED) is 0.710. The highest BCUT2D eigenvalue weighted by Gasteiger charge is 2.66. The number of nitrogens with zero attached hydrogens (tertiary/aromatic N) is 4. The molecular weight excluding hydrogens is 425 g/mol. The smallest absolute Gasteiger partial charge is 0.401 e. The molecule has 3 aliphatic rings. The summed E-state index contributed by atoms with van der Waals surface area (Å²) in [5, 5.41) is 0. The summed E-state index contributed by atoms with van der Waals surface area (Å²) < 4.78 is 76.7. The van der Waals surface area contributed by atoms with Gasteiger partial charge in [0.15, 0.2) is 11.6 Å². The van der Waals surface area contributed by atoms with Crippen LogP contribution in [0.25, 0.3) is 11.3 Å². The molecule has 0 spiro atoms. The van der Waals surface area contributed by atoms with Gasteiger partial charge in [-0.1, -0.05) is 0 Å². The first-order chi connectivity index (χ1) is 14.7. The summed E-state index contributed by atoms with van der Waals surface area (Å²) in [6.45, 7) is -2.14. The third-order valence-corrected chi connectivity index (χ3v) is 6.02. The van der Waals surface area contributed by atoms with Gasteiger partial charge in [0.25, 0.3) is 0 Å². The number of pyridine rings is 1. The first-order valence-electron chi connectivity index (χ1n) is 9.71. The van der Waals surface area contributed by atoms with Gasteiger partial charge in [0.2, 0.25) is 0 Å². The standard InChI is InChI=1S/C19H18F5N5O2/c20-17(21)31-13-3-9(6-26-15(13)25)12-5-14(29-7-11-4-10(29)8-30-11)28-16(27-12)18(1-2-18)19(22,23)24/h3,5-6,10-11,17H,1-2,4,7-8H2,(H2,25,26). The third kappa shape index (κ3) is 3.42. The van der Waals surface area contributed by atoms with E-state index < -0.39 is 18.2 Å². The van der Waals surface area contributed by atoms with E-state index in [-0.39, 0.29) is 53.6 Å². The number of ether oxygens (including phenoxy) is 2. The van der Waals surface area contributed by atoms with E-state index in [1.807, 2.05) is 4.90 Å². The summed E-state index contributed by atoms with van der Waals surface area (Å²) in [5.41, 5.74) is 3.81. The first kappa shape index (κ1) is 20.2. The van der Waals surface area contributed by atoms with Crippen LogP contribution in [0.2, 0.25) is 0 Å². The molecule has 5 rings (SSSR count). The highest BCUT2D eigenvalue weighted by molar-refractivity contribution is 5.67. The Labute approximate surface area is 173 Å². The summed E-state index contributed by atoms with van der Waals surface area (Å²) in [6.07, 6.45) is -2.67. The number of nitrogen functional groups attached to an aromatic ring is 1. The van der Waals surface area contributed by atoms with Gasteiger partial charge in [-0.05, 0) is 25.3 Å². The first-order valence-corrected chi connectivity index (χ1v) is 9.71. The van der Waals surface area contributed by atoms with Crippen LogP contribution < -0.4 is 15.4 Å². The van der Waals surface area contributed by atoms with Crippen molar-refractivity contribution in [3.63, 3.8) is 0 Å². The van der Waals surface area contributed by atoms with Gasteiger partial charge in [0.1, 0.15) is 17.1 Å². The molecular formula is C19H18F5N5O2. The van der Waals surface area contributed by atoms with Crippen molar-refractivity contribution in [2.24, 2.45) is 0 Å². The minimum Gasteiger partial charge on any atom is -0.431 e. The lowest BCUT2D eigenvalue weighted by Crippen LogP contribution is -2.38. The fraction of sp³-hybridized carbons (Fsp3) is 0.526. The van der Waals surface area contributed by atoms with Crippen LogP contribution in [0.15, 0.2) is 18.3 Å². The monoisotopic (exact) mass is 443 g/mol. The van der Waals surface area contributed by atoms with Gasteiger partial charge in [0, 0.05) is 24.4 Å². The molecule has 2 aliphatic heterocycles. The molecule has 0 amide bonds. The SMILES string of the molecule is Nc1ncc(-c2cc(N3CC4CC3CO4)nc(C3(C(F)(F)F)CC3)n2)cc1OC(F)F. The van der Waals surface area contributed by atoms with Crippen molar-refractivity contribution < 1.29 is 31.4 Å². The van der Waals surface area contributed by atoms with E-state index >= 15 is 0 Å². The predicted molar refractivity (Wildman–Crippen MR) is 98.8 cm³/mol. The van der Waals surface area contributed by atoms with Crippen LogP contribution in [-0.2, 0) is 10.2 Å². The average Bonchev–Trinajstić information content (AvgIpc) is 3.28. The minimum absolute atomic E-state index is 0.00796. The zero-order valence-corrected chi connectivity index (χ0v) is 16.1. The molecule has 0 radical (unpaired) electrons. The van der Waals surface area contributed by atoms with E-state index in [1.165, 1.54) is 18.3 Å². The largest absolute Gasteiger partial charge is 0.431 e. The number of hydrogen-bond donors (Lipinski definition) is 1. The summed E-state index contributed by atoms with van der Waals surface area (Å²) in [6, 6.07) is 2.75. The van der Waals surface area contributed by atoms with Gasteiger partial charge in [0.05, 0.1) is 24.4 Å². The van der Waals surface area contributed by atoms with Gasteiger partial charge >= 0.3 is 12.8 Å². The van der Waals surface area contributed by atoms with E-state index in [0.29, 0.717) is 19.0 Å². The second-order valence-corrected chi connectivity index (χ2v) is 8.00. The van der Waals surface area contributed by atoms with Crippen LogP contribution in [0.4, 0.5) is 33.6 Å². The van der Waals surface area contributed by atoms with Gasteiger partial charge in [-0.25, -0.2) is 15.0 Å². The highest BCUT2D eigenvalue weighted by Crippen LogP contribution is 2.58. The number of hydrogen-bond acceptors (Lipinski definition) is 7. The molecule has 12 heteroatoms. The fourth-order valence-corrected chi connectivity index (χ4v) is 4.17. The normalized spacial score (nSPS) is 24.1. The molecule has 2 aromatic rings. The van der Waals surface area contributed by atoms with E-state index in [2.05, 4.69) is 19.7 Å². The van der Waals surface area contributed by atoms with Crippen molar-refractivity contribution in [1.82, 2.24) is 15.0 Å². The van der Waals surface area contributed by atoms with E-state index in [0.717, 1.165) is 6.42 Å². The number of morpholine rings is 1. The van der Waals surface area contributed by atoms with Crippen molar-refractivity contribution in [2.45, 2.75) is 49.6 Å². The Balaban J connectivity index is 1.60. The summed E-state index contributed by atoms with van der Waals surface area (Å²) in [4.78, 5) is 14.2. The lowest BCUT2D eigenvalue weighted by molar-refractivity contribution is -0.162. The summed E-state index contributed by atoms with van der Waals surface area (Å²) in [5.74, 6) is -0.620. The lowest BCUT2D eigenvalue weighted by atomic mass is 10.0. The average molecular weight is 443 g/mol. The molecule has 1 aliphatic carbocycles. The molecule has 0 aromatic carbocycles. The van der Waals surface area contributed by atoms with Crippen LogP contribution in [0.1, 0.15) is 25.1 Å². The topological polar surface area (TPSA) is 86.4 Å². The van der Waals surface area contributed by atoms with Crippen LogP contribution >= 0.6 is 0 Å². The molecule has 2 N–H and O–H groups in total. The van der Waals surface area contributed by atoms with Crippen LogP contribution in [0.3, 0.4) is 0 Å². The zero-order valence-electron chi connectivity index (χ0n) is 16.1. The highest BCUT2D eigenvalue weighted by atomic mass is 19.4. The number of rotatable bonds is 5. The van der Waals surface area contributed by atoms with Crippen molar-refractivity contribution in [3.8, 4) is 17.0 Å². The van der Waals surface area contributed by atoms with E-state index in [4.69, 9.17) is 10.5 Å². The molecule has 31 heavy (non-hydrogen) atoms. The number of anilines is 2. The molecule has 2 saturated heterocycles. The molecule has 2 aromatic heterocycles. The number of aromatic nitrogens is 3. The zero-order chi connectivity index (χ0) is 22.0. The maximum atomic E-state index is 13.8. The molecule has 2 atom stereocenters. The number of nitrogens with two attached hydrogens (primary N) is 1. The number of halogens is 5. The number of fused-ring (bicyclic) bond motifs is 2. The van der Waals surface area contributed by atoms with E-state index in [1.54, 1.807) is 0 Å². The Bertz CT molecular complexity index is 1010. The fourth-order valence-electron chi connectivity index (χ4n) is 4.17. The Kier molecular flexibility index (Phi) is 4.47. The van der Waals surface area contributed by atoms with Crippen LogP contribution in [0, 0.1) is 0 Å². The Morgan fingerprint density at radius 3 is 2.58 bits per heavy atom. The molecule has 166 valence electrons. The second-order valence-electron chi connectivity index (χ2n) is 8.00. The number of alkyl halides is 5. The lowest BCUT2D eigenvalue weighted by Gasteiger charge is -2.29. The van der Waals surface area contributed by atoms with Gasteiger partial charge in [-0.15, -0.1) is 0 Å². The Morgan fingerprint density at radius 2 is 2.00 bits per heavy atom. The Hall–Kier alpha value is -2.76. The summed E-state index contributed by atoms with van der Waals surface area (Å²) >= 11 is 0. The molecule has 2 unspecified atom stereocenters. The molecule has 1 saturated carbocycles. The van der Waals surface area contributed by atoms with Crippen molar-refractivity contribution in [3.05, 3.63) is 24.2 Å². The van der Waals surface area contributed by atoms with Gasteiger partial charge < -0.3 is 20.1 Å². The molecule has 7 nitrogen and oxygen atoms in total. The molecule has 4 heterocycles. The van der Waals surface area contributed by atoms with Gasteiger partial charge in [-0.2, -0.15) is 22.0 Å². The Morgan fingerprint density at radius 1 is 1.23 bits per heavy atom. The third-order valence-electron chi connectivity index (χ3n) is 6.02. The van der Waals surface area contributed by atoms with Crippen molar-refractivity contribution >= 4 is 11.6 Å². The second kappa shape index (κ2) is 6.87. The van der Waals surface area contributed by atoms with Crippen molar-refractivity contribution in [2.75, 3.05) is 23.8 Å². The van der Waals surface area contributed by atoms with E-state index in [9.17, 15) is 22.0 Å². The maximum Gasteiger partial charge on any atom is 0.401 e. The van der Waals surface area contributed by atoms with Gasteiger partial charge in [-0.3, -0.25) is 0 Å². The summed E-state index contributed by atoms with van der Waals surface area (Å²) in [7, 11) is 0. The van der Waals surface area contributed by atoms with Crippen LogP contribution in [0.5, 0.6) is 5.75 Å². The molecule has 2 bridgehead atoms. The predicted octanol–water partition coefficient (Wildman–Crippen LogP) is 3.29. The minimum atomic E-state index is -4.50. The van der Waals surface area contributed by atoms with Crippen molar-refractivity contribution in [1.29, 1.82) is 0 Å². The maximum absolute atomic E-state index is 13.8. The molecule has 3 fully saturated rings. The van der Waals surface area contributed by atoms with Crippen LogP contribution in [-0.4, -0.2) is 53.0 Å².